The van der Waals surface area contributed by atoms with Gasteiger partial charge in [-0.2, -0.15) is 0 Å². The van der Waals surface area contributed by atoms with Crippen molar-refractivity contribution in [3.63, 3.8) is 0 Å². The summed E-state index contributed by atoms with van der Waals surface area (Å²) in [5, 5.41) is 9.56. The van der Waals surface area contributed by atoms with Crippen molar-refractivity contribution in [1.82, 2.24) is 19.7 Å². The molecule has 0 unspecified atom stereocenters. The van der Waals surface area contributed by atoms with Gasteiger partial charge in [0, 0.05) is 18.7 Å². The SMILES string of the molecule is C=C(C)CN(CC)C(=O)CSc1nnc(-c2ccc(C(C)(C)C)cc2)n1Cc1ccco1. The van der Waals surface area contributed by atoms with Crippen LogP contribution in [0.5, 0.6) is 0 Å². The zero-order valence-corrected chi connectivity index (χ0v) is 20.4. The van der Waals surface area contributed by atoms with Gasteiger partial charge in [0.1, 0.15) is 5.76 Å². The lowest BCUT2D eigenvalue weighted by molar-refractivity contribution is -0.127. The lowest BCUT2D eigenvalue weighted by Gasteiger charge is -2.20. The number of nitrogens with zero attached hydrogens (tertiary/aromatic N) is 4. The normalized spacial score (nSPS) is 11.5. The van der Waals surface area contributed by atoms with Gasteiger partial charge in [0.2, 0.25) is 5.91 Å². The Morgan fingerprint density at radius 1 is 1.19 bits per heavy atom. The average Bonchev–Trinajstić information content (AvgIpc) is 3.40. The summed E-state index contributed by atoms with van der Waals surface area (Å²) < 4.78 is 7.58. The van der Waals surface area contributed by atoms with Gasteiger partial charge in [-0.3, -0.25) is 9.36 Å². The molecule has 0 spiro atoms. The predicted octanol–water partition coefficient (Wildman–Crippen LogP) is 5.40. The number of amides is 1. The maximum absolute atomic E-state index is 12.7. The van der Waals surface area contributed by atoms with Gasteiger partial charge >= 0.3 is 0 Å². The second-order valence-electron chi connectivity index (χ2n) is 8.95. The third-order valence-electron chi connectivity index (χ3n) is 5.14. The second-order valence-corrected chi connectivity index (χ2v) is 9.90. The Bertz CT molecular complexity index is 1050. The Morgan fingerprint density at radius 2 is 1.91 bits per heavy atom. The van der Waals surface area contributed by atoms with Crippen LogP contribution in [-0.4, -0.2) is 44.4 Å². The van der Waals surface area contributed by atoms with Crippen LogP contribution in [-0.2, 0) is 16.8 Å². The number of carbonyl (C=O) groups is 1. The van der Waals surface area contributed by atoms with Gasteiger partial charge in [-0.1, -0.05) is 69.0 Å². The quantitative estimate of drug-likeness (QED) is 0.321. The lowest BCUT2D eigenvalue weighted by Crippen LogP contribution is -2.33. The van der Waals surface area contributed by atoms with Gasteiger partial charge in [-0.15, -0.1) is 10.2 Å². The zero-order valence-electron chi connectivity index (χ0n) is 19.6. The van der Waals surface area contributed by atoms with Crippen molar-refractivity contribution in [3.05, 3.63) is 66.1 Å². The first-order valence-corrected chi connectivity index (χ1v) is 11.8. The number of rotatable bonds is 9. The van der Waals surface area contributed by atoms with E-state index in [9.17, 15) is 4.79 Å². The van der Waals surface area contributed by atoms with Gasteiger partial charge in [0.05, 0.1) is 18.6 Å². The average molecular weight is 453 g/mol. The van der Waals surface area contributed by atoms with Crippen LogP contribution in [0.3, 0.4) is 0 Å². The number of carbonyl (C=O) groups excluding carboxylic acids is 1. The van der Waals surface area contributed by atoms with E-state index < -0.39 is 0 Å². The molecule has 0 aliphatic heterocycles. The van der Waals surface area contributed by atoms with Gasteiger partial charge in [-0.05, 0) is 37.0 Å². The molecular formula is C25H32N4O2S. The maximum Gasteiger partial charge on any atom is 0.233 e. The van der Waals surface area contributed by atoms with Crippen molar-refractivity contribution in [3.8, 4) is 11.4 Å². The van der Waals surface area contributed by atoms with Crippen molar-refractivity contribution < 1.29 is 9.21 Å². The van der Waals surface area contributed by atoms with Crippen LogP contribution < -0.4 is 0 Å². The smallest absolute Gasteiger partial charge is 0.233 e. The summed E-state index contributed by atoms with van der Waals surface area (Å²) in [6.45, 7) is 16.1. The van der Waals surface area contributed by atoms with Crippen LogP contribution in [0.1, 0.15) is 45.9 Å². The van der Waals surface area contributed by atoms with E-state index in [2.05, 4.69) is 61.8 Å². The fourth-order valence-corrected chi connectivity index (χ4v) is 4.19. The number of furan rings is 1. The molecule has 2 aromatic heterocycles. The highest BCUT2D eigenvalue weighted by molar-refractivity contribution is 7.99. The van der Waals surface area contributed by atoms with E-state index in [4.69, 9.17) is 4.42 Å². The molecule has 3 rings (SSSR count). The van der Waals surface area contributed by atoms with E-state index in [-0.39, 0.29) is 11.3 Å². The molecule has 170 valence electrons. The molecule has 0 saturated heterocycles. The summed E-state index contributed by atoms with van der Waals surface area (Å²) in [5.74, 6) is 1.92. The Balaban J connectivity index is 1.86. The van der Waals surface area contributed by atoms with Crippen molar-refractivity contribution in [2.24, 2.45) is 0 Å². The highest BCUT2D eigenvalue weighted by Gasteiger charge is 2.20. The van der Waals surface area contributed by atoms with E-state index in [1.54, 1.807) is 11.2 Å². The Morgan fingerprint density at radius 3 is 2.47 bits per heavy atom. The van der Waals surface area contributed by atoms with E-state index >= 15 is 0 Å². The molecule has 1 aromatic carbocycles. The molecule has 0 atom stereocenters. The Labute approximate surface area is 194 Å². The third kappa shape index (κ3) is 5.91. The molecule has 32 heavy (non-hydrogen) atoms. The largest absolute Gasteiger partial charge is 0.467 e. The van der Waals surface area contributed by atoms with Crippen LogP contribution in [0, 0.1) is 0 Å². The molecule has 2 heterocycles. The minimum atomic E-state index is 0.0594. The number of aromatic nitrogens is 3. The van der Waals surface area contributed by atoms with Crippen LogP contribution in [0.15, 0.2) is 64.4 Å². The molecule has 0 N–H and O–H groups in total. The van der Waals surface area contributed by atoms with E-state index in [1.807, 2.05) is 30.5 Å². The number of benzene rings is 1. The zero-order chi connectivity index (χ0) is 23.3. The summed E-state index contributed by atoms with van der Waals surface area (Å²) in [6, 6.07) is 12.2. The van der Waals surface area contributed by atoms with Crippen molar-refractivity contribution >= 4 is 17.7 Å². The summed E-state index contributed by atoms with van der Waals surface area (Å²) in [5.41, 5.74) is 3.28. The minimum absolute atomic E-state index is 0.0594. The molecule has 0 radical (unpaired) electrons. The first kappa shape index (κ1) is 23.9. The summed E-state index contributed by atoms with van der Waals surface area (Å²) in [4.78, 5) is 14.5. The van der Waals surface area contributed by atoms with Crippen LogP contribution in [0.25, 0.3) is 11.4 Å². The Kier molecular flexibility index (Phi) is 7.61. The van der Waals surface area contributed by atoms with Gasteiger partial charge in [0.15, 0.2) is 11.0 Å². The Hall–Kier alpha value is -2.80. The summed E-state index contributed by atoms with van der Waals surface area (Å²) in [6.07, 6.45) is 1.66. The molecule has 6 nitrogen and oxygen atoms in total. The number of likely N-dealkylation sites (N-methyl/N-ethyl adjacent to an activating group) is 1. The first-order valence-electron chi connectivity index (χ1n) is 10.8. The number of hydrogen-bond acceptors (Lipinski definition) is 5. The van der Waals surface area contributed by atoms with Crippen LogP contribution in [0.4, 0.5) is 0 Å². The summed E-state index contributed by atoms with van der Waals surface area (Å²) in [7, 11) is 0. The van der Waals surface area contributed by atoms with Crippen molar-refractivity contribution in [2.75, 3.05) is 18.8 Å². The van der Waals surface area contributed by atoms with E-state index in [1.165, 1.54) is 17.3 Å². The van der Waals surface area contributed by atoms with Crippen LogP contribution >= 0.6 is 11.8 Å². The molecule has 0 aliphatic rings. The minimum Gasteiger partial charge on any atom is -0.467 e. The van der Waals surface area contributed by atoms with E-state index in [0.717, 1.165) is 22.7 Å². The number of thioether (sulfide) groups is 1. The third-order valence-corrected chi connectivity index (χ3v) is 6.09. The van der Waals surface area contributed by atoms with Gasteiger partial charge in [0.25, 0.3) is 0 Å². The highest BCUT2D eigenvalue weighted by Crippen LogP contribution is 2.28. The topological polar surface area (TPSA) is 64.2 Å². The molecule has 1 amide bonds. The summed E-state index contributed by atoms with van der Waals surface area (Å²) >= 11 is 1.40. The molecule has 3 aromatic rings. The van der Waals surface area contributed by atoms with Crippen LogP contribution in [0.2, 0.25) is 0 Å². The molecular weight excluding hydrogens is 420 g/mol. The predicted molar refractivity (Wildman–Crippen MR) is 130 cm³/mol. The lowest BCUT2D eigenvalue weighted by atomic mass is 9.87. The number of hydrogen-bond donors (Lipinski definition) is 0. The highest BCUT2D eigenvalue weighted by atomic mass is 32.2. The molecule has 7 heteroatoms. The molecule has 0 bridgehead atoms. The fourth-order valence-electron chi connectivity index (χ4n) is 3.35. The van der Waals surface area contributed by atoms with E-state index in [0.29, 0.717) is 30.5 Å². The molecule has 0 fully saturated rings. The van der Waals surface area contributed by atoms with Crippen molar-refractivity contribution in [1.29, 1.82) is 0 Å². The standard InChI is InChI=1S/C25H32N4O2S/c1-7-28(15-18(2)3)22(30)17-32-24-27-26-23(29(24)16-21-9-8-14-31-21)19-10-12-20(13-11-19)25(4,5)6/h8-14H,2,7,15-17H2,1,3-6H3. The molecule has 0 aliphatic carbocycles. The molecule has 0 saturated carbocycles. The van der Waals surface area contributed by atoms with Gasteiger partial charge in [-0.25, -0.2) is 0 Å². The fraction of sp³-hybridized carbons (Fsp3) is 0.400. The second kappa shape index (κ2) is 10.2. The first-order chi connectivity index (χ1) is 15.2. The van der Waals surface area contributed by atoms with Gasteiger partial charge < -0.3 is 9.32 Å². The monoisotopic (exact) mass is 452 g/mol. The maximum atomic E-state index is 12.7. The van der Waals surface area contributed by atoms with Crippen molar-refractivity contribution in [2.45, 2.75) is 51.7 Å².